The summed E-state index contributed by atoms with van der Waals surface area (Å²) < 4.78 is 5.06. The lowest BCUT2D eigenvalue weighted by Crippen LogP contribution is -2.28. The Balaban J connectivity index is 1.61. The molecule has 2 aromatic rings. The molecule has 2 fully saturated rings. The quantitative estimate of drug-likeness (QED) is 0.919. The van der Waals surface area contributed by atoms with Crippen LogP contribution in [0.2, 0.25) is 0 Å². The molecule has 2 aliphatic rings. The molecule has 0 saturated heterocycles. The average Bonchev–Trinajstić information content (AvgIpc) is 2.79. The smallest absolute Gasteiger partial charge is 0.258 e. The largest absolute Gasteiger partial charge is 0.336 e. The Morgan fingerprint density at radius 2 is 2.23 bits per heavy atom. The molecular weight excluding hydrogens is 280 g/mol. The molecule has 2 aromatic heterocycles. The zero-order valence-electron chi connectivity index (χ0n) is 12.3. The summed E-state index contributed by atoms with van der Waals surface area (Å²) in [6, 6.07) is 4.08. The van der Waals surface area contributed by atoms with E-state index in [1.807, 2.05) is 6.92 Å². The second-order valence-corrected chi connectivity index (χ2v) is 6.48. The van der Waals surface area contributed by atoms with Gasteiger partial charge < -0.3 is 9.84 Å². The number of aryl methyl sites for hydroxylation is 1. The van der Waals surface area contributed by atoms with Crippen molar-refractivity contribution in [3.05, 3.63) is 18.0 Å². The van der Waals surface area contributed by atoms with E-state index in [0.717, 1.165) is 36.8 Å². The number of hydrogen-bond donors (Lipinski definition) is 1. The van der Waals surface area contributed by atoms with Crippen molar-refractivity contribution in [3.8, 4) is 6.07 Å². The molecule has 0 aromatic carbocycles. The van der Waals surface area contributed by atoms with E-state index in [2.05, 4.69) is 21.5 Å². The van der Waals surface area contributed by atoms with Crippen molar-refractivity contribution in [3.63, 3.8) is 0 Å². The molecule has 1 amide bonds. The van der Waals surface area contributed by atoms with E-state index < -0.39 is 5.41 Å². The van der Waals surface area contributed by atoms with Gasteiger partial charge in [-0.1, -0.05) is 18.0 Å². The number of anilines is 1. The summed E-state index contributed by atoms with van der Waals surface area (Å²) in [5, 5.41) is 17.0. The normalized spacial score (nSPS) is 25.3. The second-order valence-electron chi connectivity index (χ2n) is 6.48. The third-order valence-electron chi connectivity index (χ3n) is 5.29. The number of carbonyl (C=O) groups excluding carboxylic acids is 1. The molecule has 1 unspecified atom stereocenters. The lowest BCUT2D eigenvalue weighted by molar-refractivity contribution is -0.120. The summed E-state index contributed by atoms with van der Waals surface area (Å²) in [6.07, 6.45) is 6.42. The Labute approximate surface area is 127 Å². The molecule has 0 bridgehead atoms. The van der Waals surface area contributed by atoms with Crippen molar-refractivity contribution in [2.75, 3.05) is 5.32 Å². The SMILES string of the molecule is Cc1noc2ncc(NC(=O)C3(C#N)CC34CCCC4)cc12. The Morgan fingerprint density at radius 1 is 1.45 bits per heavy atom. The number of aromatic nitrogens is 2. The van der Waals surface area contributed by atoms with Gasteiger partial charge in [0.15, 0.2) is 0 Å². The van der Waals surface area contributed by atoms with Crippen molar-refractivity contribution in [2.24, 2.45) is 10.8 Å². The van der Waals surface area contributed by atoms with Crippen LogP contribution in [0.5, 0.6) is 0 Å². The van der Waals surface area contributed by atoms with Gasteiger partial charge in [0.1, 0.15) is 5.41 Å². The van der Waals surface area contributed by atoms with Crippen molar-refractivity contribution in [2.45, 2.75) is 39.0 Å². The van der Waals surface area contributed by atoms with Crippen LogP contribution in [0.3, 0.4) is 0 Å². The Bertz CT molecular complexity index is 813. The number of hydrogen-bond acceptors (Lipinski definition) is 5. The fourth-order valence-electron chi connectivity index (χ4n) is 3.90. The monoisotopic (exact) mass is 296 g/mol. The summed E-state index contributed by atoms with van der Waals surface area (Å²) in [5.41, 5.74) is 0.813. The van der Waals surface area contributed by atoms with Gasteiger partial charge in [0, 0.05) is 5.41 Å². The summed E-state index contributed by atoms with van der Waals surface area (Å²) in [7, 11) is 0. The predicted octanol–water partition coefficient (Wildman–Crippen LogP) is 2.94. The Morgan fingerprint density at radius 3 is 2.95 bits per heavy atom. The highest BCUT2D eigenvalue weighted by atomic mass is 16.5. The Kier molecular flexibility index (Phi) is 2.59. The molecule has 0 radical (unpaired) electrons. The topological polar surface area (TPSA) is 91.8 Å². The molecule has 2 saturated carbocycles. The first kappa shape index (κ1) is 13.3. The number of nitrogens with zero attached hydrogens (tertiary/aromatic N) is 3. The first-order chi connectivity index (χ1) is 10.6. The van der Waals surface area contributed by atoms with Gasteiger partial charge in [-0.15, -0.1) is 0 Å². The molecular formula is C16H16N4O2. The van der Waals surface area contributed by atoms with Crippen LogP contribution in [-0.2, 0) is 4.79 Å². The van der Waals surface area contributed by atoms with E-state index in [0.29, 0.717) is 17.8 Å². The van der Waals surface area contributed by atoms with Gasteiger partial charge >= 0.3 is 0 Å². The highest BCUT2D eigenvalue weighted by Crippen LogP contribution is 2.71. The standard InChI is InChI=1S/C16H16N4O2/c1-10-12-6-11(7-18-13(12)22-20-10)19-14(21)16(9-17)8-15(16)4-2-3-5-15/h6-7H,2-5,8H2,1H3,(H,19,21). The van der Waals surface area contributed by atoms with Crippen LogP contribution in [0.15, 0.2) is 16.8 Å². The number of nitriles is 1. The number of carbonyl (C=O) groups is 1. The van der Waals surface area contributed by atoms with Crippen LogP contribution in [-0.4, -0.2) is 16.0 Å². The fourth-order valence-corrected chi connectivity index (χ4v) is 3.90. The number of nitrogens with one attached hydrogen (secondary N) is 1. The van der Waals surface area contributed by atoms with E-state index in [-0.39, 0.29) is 11.3 Å². The van der Waals surface area contributed by atoms with Crippen molar-refractivity contribution < 1.29 is 9.32 Å². The van der Waals surface area contributed by atoms with E-state index in [9.17, 15) is 10.1 Å². The van der Waals surface area contributed by atoms with Crippen molar-refractivity contribution in [1.82, 2.24) is 10.1 Å². The van der Waals surface area contributed by atoms with Gasteiger partial charge in [-0.05, 0) is 32.3 Å². The fraction of sp³-hybridized carbons (Fsp3) is 0.500. The lowest BCUT2D eigenvalue weighted by atomic mass is 9.91. The molecule has 1 spiro atoms. The third kappa shape index (κ3) is 1.62. The molecule has 6 heteroatoms. The molecule has 0 aliphatic heterocycles. The van der Waals surface area contributed by atoms with Gasteiger partial charge in [0.2, 0.25) is 5.91 Å². The molecule has 1 atom stereocenters. The highest BCUT2D eigenvalue weighted by Gasteiger charge is 2.72. The van der Waals surface area contributed by atoms with E-state index in [1.165, 1.54) is 0 Å². The number of amides is 1. The molecule has 1 N–H and O–H groups in total. The zero-order chi connectivity index (χ0) is 15.4. The van der Waals surface area contributed by atoms with Crippen LogP contribution < -0.4 is 5.32 Å². The number of pyridine rings is 1. The maximum Gasteiger partial charge on any atom is 0.258 e. The maximum atomic E-state index is 12.6. The number of fused-ring (bicyclic) bond motifs is 1. The summed E-state index contributed by atoms with van der Waals surface area (Å²) in [6.45, 7) is 1.82. The second kappa shape index (κ2) is 4.29. The van der Waals surface area contributed by atoms with Gasteiger partial charge in [-0.3, -0.25) is 4.79 Å². The van der Waals surface area contributed by atoms with Crippen LogP contribution in [0.1, 0.15) is 37.8 Å². The molecule has 112 valence electrons. The maximum absolute atomic E-state index is 12.6. The highest BCUT2D eigenvalue weighted by molar-refractivity contribution is 6.01. The minimum absolute atomic E-state index is 0.0868. The van der Waals surface area contributed by atoms with Crippen LogP contribution in [0.25, 0.3) is 11.1 Å². The number of rotatable bonds is 2. The van der Waals surface area contributed by atoms with Gasteiger partial charge in [-0.25, -0.2) is 4.98 Å². The van der Waals surface area contributed by atoms with Crippen molar-refractivity contribution >= 4 is 22.7 Å². The van der Waals surface area contributed by atoms with E-state index in [4.69, 9.17) is 4.52 Å². The molecule has 4 rings (SSSR count). The van der Waals surface area contributed by atoms with Crippen LogP contribution in [0.4, 0.5) is 5.69 Å². The lowest BCUT2D eigenvalue weighted by Gasteiger charge is -2.15. The minimum Gasteiger partial charge on any atom is -0.336 e. The van der Waals surface area contributed by atoms with Gasteiger partial charge in [-0.2, -0.15) is 5.26 Å². The minimum atomic E-state index is -0.859. The molecule has 6 nitrogen and oxygen atoms in total. The molecule has 2 heterocycles. The van der Waals surface area contributed by atoms with E-state index >= 15 is 0 Å². The first-order valence-electron chi connectivity index (χ1n) is 7.55. The van der Waals surface area contributed by atoms with Crippen LogP contribution >= 0.6 is 0 Å². The zero-order valence-corrected chi connectivity index (χ0v) is 12.3. The third-order valence-corrected chi connectivity index (χ3v) is 5.29. The Hall–Kier alpha value is -2.42. The van der Waals surface area contributed by atoms with Gasteiger partial charge in [0.05, 0.1) is 29.0 Å². The predicted molar refractivity (Wildman–Crippen MR) is 78.7 cm³/mol. The summed E-state index contributed by atoms with van der Waals surface area (Å²) in [4.78, 5) is 16.8. The first-order valence-corrected chi connectivity index (χ1v) is 7.55. The van der Waals surface area contributed by atoms with Crippen molar-refractivity contribution in [1.29, 1.82) is 5.26 Å². The van der Waals surface area contributed by atoms with E-state index in [1.54, 1.807) is 12.3 Å². The average molecular weight is 296 g/mol. The summed E-state index contributed by atoms with van der Waals surface area (Å²) >= 11 is 0. The molecule has 2 aliphatic carbocycles. The summed E-state index contributed by atoms with van der Waals surface area (Å²) in [5.74, 6) is -0.202. The molecule has 22 heavy (non-hydrogen) atoms. The van der Waals surface area contributed by atoms with Crippen LogP contribution in [0, 0.1) is 29.1 Å². The van der Waals surface area contributed by atoms with Gasteiger partial charge in [0.25, 0.3) is 5.71 Å².